The van der Waals surface area contributed by atoms with E-state index in [9.17, 15) is 43.8 Å². The molecular formula is C37H61NO10. The van der Waals surface area contributed by atoms with Crippen molar-refractivity contribution in [3.8, 4) is 0 Å². The Morgan fingerprint density at radius 3 is 1.52 bits per heavy atom. The molecule has 0 aromatic rings. The molecule has 48 heavy (non-hydrogen) atoms. The van der Waals surface area contributed by atoms with E-state index in [1.807, 2.05) is 0 Å². The van der Waals surface area contributed by atoms with Crippen molar-refractivity contribution in [2.45, 2.75) is 161 Å². The Labute approximate surface area is 286 Å². The van der Waals surface area contributed by atoms with Gasteiger partial charge < -0.3 is 25.4 Å². The number of unbranched alkanes of at least 4 members (excludes halogenated alkanes) is 11. The van der Waals surface area contributed by atoms with Crippen LogP contribution < -0.4 is 5.32 Å². The molecule has 1 saturated carbocycles. The second kappa shape index (κ2) is 25.8. The molecule has 1 aliphatic rings. The Bertz CT molecular complexity index is 1020. The average molecular weight is 680 g/mol. The third kappa shape index (κ3) is 21.7. The second-order valence-electron chi connectivity index (χ2n) is 13.9. The summed E-state index contributed by atoms with van der Waals surface area (Å²) < 4.78 is 0. The molecule has 0 spiro atoms. The van der Waals surface area contributed by atoms with Gasteiger partial charge in [0, 0.05) is 51.0 Å². The number of hydrogen-bond acceptors (Lipinski definition) is 7. The number of hydrogen-bond donors (Lipinski definition) is 4. The van der Waals surface area contributed by atoms with Crippen LogP contribution >= 0.6 is 0 Å². The standard InChI is InChI=1S/C37H61NO10/c1-27(39)16-19-30(36(45)46)24-32(40)23-22-31(37(47)48)25-33(41)29-20-17-28(18-21-29)26-38-34(42)14-12-10-8-6-4-2-3-5-7-9-11-13-15-35(43)44/h28-31H,2-26H2,1H3,(H,38,42)(H,43,44)(H,45,46)(H,47,48)/t28?,29?,30-,31-/m1/s1. The Kier molecular flexibility index (Phi) is 23.1. The van der Waals surface area contributed by atoms with Gasteiger partial charge in [-0.2, -0.15) is 0 Å². The minimum Gasteiger partial charge on any atom is -0.481 e. The highest BCUT2D eigenvalue weighted by atomic mass is 16.4. The fourth-order valence-electron chi connectivity index (χ4n) is 6.49. The van der Waals surface area contributed by atoms with Crippen LogP contribution in [0.4, 0.5) is 0 Å². The lowest BCUT2D eigenvalue weighted by Crippen LogP contribution is -2.33. The molecule has 274 valence electrons. The Morgan fingerprint density at radius 1 is 0.583 bits per heavy atom. The van der Waals surface area contributed by atoms with E-state index < -0.39 is 29.7 Å². The minimum atomic E-state index is -1.16. The van der Waals surface area contributed by atoms with Crippen molar-refractivity contribution >= 4 is 41.2 Å². The molecule has 11 heteroatoms. The van der Waals surface area contributed by atoms with Gasteiger partial charge in [0.25, 0.3) is 0 Å². The molecule has 1 aliphatic carbocycles. The topological polar surface area (TPSA) is 192 Å². The highest BCUT2D eigenvalue weighted by Crippen LogP contribution is 2.31. The lowest BCUT2D eigenvalue weighted by molar-refractivity contribution is -0.146. The number of ketones is 3. The van der Waals surface area contributed by atoms with Crippen LogP contribution in [-0.2, 0) is 33.6 Å². The lowest BCUT2D eigenvalue weighted by atomic mass is 9.77. The highest BCUT2D eigenvalue weighted by Gasteiger charge is 2.31. The van der Waals surface area contributed by atoms with Crippen molar-refractivity contribution in [2.24, 2.45) is 23.7 Å². The summed E-state index contributed by atoms with van der Waals surface area (Å²) in [5, 5.41) is 30.7. The van der Waals surface area contributed by atoms with E-state index in [0.717, 1.165) is 51.4 Å². The lowest BCUT2D eigenvalue weighted by Gasteiger charge is -2.28. The van der Waals surface area contributed by atoms with E-state index >= 15 is 0 Å². The maximum absolute atomic E-state index is 12.9. The molecule has 2 atom stereocenters. The van der Waals surface area contributed by atoms with Crippen LogP contribution in [-0.4, -0.2) is 63.0 Å². The quantitative estimate of drug-likeness (QED) is 0.0579. The average Bonchev–Trinajstić information content (AvgIpc) is 3.03. The number of Topliss-reactive ketones (excluding diaryl/α,β-unsaturated/α-hetero) is 3. The smallest absolute Gasteiger partial charge is 0.306 e. The van der Waals surface area contributed by atoms with Crippen molar-refractivity contribution < 1.29 is 48.9 Å². The normalized spacial score (nSPS) is 17.3. The molecule has 1 amide bonds. The zero-order valence-electron chi connectivity index (χ0n) is 29.2. The van der Waals surface area contributed by atoms with Gasteiger partial charge in [0.15, 0.2) is 0 Å². The van der Waals surface area contributed by atoms with Gasteiger partial charge in [-0.15, -0.1) is 0 Å². The predicted octanol–water partition coefficient (Wildman–Crippen LogP) is 6.92. The largest absolute Gasteiger partial charge is 0.481 e. The number of carboxylic acid groups (broad SMARTS) is 3. The van der Waals surface area contributed by atoms with Gasteiger partial charge in [-0.1, -0.05) is 64.2 Å². The highest BCUT2D eigenvalue weighted by molar-refractivity contribution is 5.87. The number of amides is 1. The summed E-state index contributed by atoms with van der Waals surface area (Å²) in [6.45, 7) is 1.94. The van der Waals surface area contributed by atoms with Crippen LogP contribution in [0, 0.1) is 23.7 Å². The maximum Gasteiger partial charge on any atom is 0.306 e. The summed E-state index contributed by atoms with van der Waals surface area (Å²) in [6, 6.07) is 0. The van der Waals surface area contributed by atoms with Gasteiger partial charge in [0.1, 0.15) is 17.3 Å². The van der Waals surface area contributed by atoms with Crippen molar-refractivity contribution in [3.63, 3.8) is 0 Å². The van der Waals surface area contributed by atoms with Gasteiger partial charge >= 0.3 is 17.9 Å². The molecule has 4 N–H and O–H groups in total. The minimum absolute atomic E-state index is 0.0275. The Balaban J connectivity index is 2.16. The van der Waals surface area contributed by atoms with Crippen molar-refractivity contribution in [3.05, 3.63) is 0 Å². The molecule has 0 saturated heterocycles. The number of carbonyl (C=O) groups excluding carboxylic acids is 4. The first kappa shape index (κ1) is 42.9. The molecule has 0 radical (unpaired) electrons. The number of nitrogens with one attached hydrogen (secondary N) is 1. The Morgan fingerprint density at radius 2 is 1.04 bits per heavy atom. The first-order chi connectivity index (χ1) is 22.9. The summed E-state index contributed by atoms with van der Waals surface area (Å²) in [5.74, 6) is -5.53. The summed E-state index contributed by atoms with van der Waals surface area (Å²) in [4.78, 5) is 82.5. The Hall–Kier alpha value is -3.11. The summed E-state index contributed by atoms with van der Waals surface area (Å²) in [7, 11) is 0. The first-order valence-corrected chi connectivity index (χ1v) is 18.4. The molecule has 0 bridgehead atoms. The molecular weight excluding hydrogens is 618 g/mol. The monoisotopic (exact) mass is 679 g/mol. The predicted molar refractivity (Wildman–Crippen MR) is 181 cm³/mol. The molecule has 11 nitrogen and oxygen atoms in total. The molecule has 0 aromatic carbocycles. The summed E-state index contributed by atoms with van der Waals surface area (Å²) >= 11 is 0. The zero-order chi connectivity index (χ0) is 35.7. The molecule has 1 fully saturated rings. The third-order valence-electron chi connectivity index (χ3n) is 9.67. The summed E-state index contributed by atoms with van der Waals surface area (Å²) in [6.07, 6.45) is 16.4. The van der Waals surface area contributed by atoms with Crippen LogP contribution in [0.2, 0.25) is 0 Å². The second-order valence-corrected chi connectivity index (χ2v) is 13.9. The number of carbonyl (C=O) groups is 7. The van der Waals surface area contributed by atoms with Gasteiger partial charge in [-0.05, 0) is 64.2 Å². The fraction of sp³-hybridized carbons (Fsp3) is 0.811. The first-order valence-electron chi connectivity index (χ1n) is 18.4. The van der Waals surface area contributed by atoms with Crippen LogP contribution in [0.15, 0.2) is 0 Å². The van der Waals surface area contributed by atoms with E-state index in [1.54, 1.807) is 0 Å². The van der Waals surface area contributed by atoms with Crippen LogP contribution in [0.5, 0.6) is 0 Å². The van der Waals surface area contributed by atoms with Crippen molar-refractivity contribution in [1.29, 1.82) is 0 Å². The number of aliphatic carboxylic acids is 3. The van der Waals surface area contributed by atoms with E-state index in [0.29, 0.717) is 31.7 Å². The van der Waals surface area contributed by atoms with E-state index in [-0.39, 0.29) is 74.1 Å². The molecule has 0 aliphatic heterocycles. The van der Waals surface area contributed by atoms with E-state index in [4.69, 9.17) is 5.11 Å². The van der Waals surface area contributed by atoms with Gasteiger partial charge in [-0.3, -0.25) is 28.8 Å². The van der Waals surface area contributed by atoms with Gasteiger partial charge in [0.05, 0.1) is 11.8 Å². The van der Waals surface area contributed by atoms with Crippen LogP contribution in [0.1, 0.15) is 161 Å². The van der Waals surface area contributed by atoms with E-state index in [1.165, 1.54) is 45.4 Å². The molecule has 0 unspecified atom stereocenters. The SMILES string of the molecule is CC(=O)CC[C@H](CC(=O)CC[C@H](CC(=O)C1CCC(CNC(=O)CCCCCCCCCCCCCCC(=O)O)CC1)C(=O)O)C(=O)O. The van der Waals surface area contributed by atoms with Gasteiger partial charge in [-0.25, -0.2) is 0 Å². The van der Waals surface area contributed by atoms with Crippen molar-refractivity contribution in [1.82, 2.24) is 5.32 Å². The zero-order valence-corrected chi connectivity index (χ0v) is 29.2. The number of rotatable bonds is 30. The molecule has 0 aromatic heterocycles. The summed E-state index contributed by atoms with van der Waals surface area (Å²) in [5.41, 5.74) is 0. The van der Waals surface area contributed by atoms with Crippen LogP contribution in [0.3, 0.4) is 0 Å². The molecule has 0 heterocycles. The van der Waals surface area contributed by atoms with Crippen molar-refractivity contribution in [2.75, 3.05) is 6.54 Å². The number of carboxylic acids is 3. The van der Waals surface area contributed by atoms with Crippen LogP contribution in [0.25, 0.3) is 0 Å². The van der Waals surface area contributed by atoms with E-state index in [2.05, 4.69) is 5.32 Å². The maximum atomic E-state index is 12.9. The van der Waals surface area contributed by atoms with Gasteiger partial charge in [0.2, 0.25) is 5.91 Å². The third-order valence-corrected chi connectivity index (χ3v) is 9.67. The molecule has 1 rings (SSSR count). The fourth-order valence-corrected chi connectivity index (χ4v) is 6.49.